The van der Waals surface area contributed by atoms with Crippen LogP contribution < -0.4 is 5.32 Å². The van der Waals surface area contributed by atoms with Crippen molar-refractivity contribution in [2.24, 2.45) is 5.92 Å². The van der Waals surface area contributed by atoms with Crippen LogP contribution in [0, 0.1) is 5.92 Å². The zero-order valence-corrected chi connectivity index (χ0v) is 16.4. The smallest absolute Gasteiger partial charge is 0.240 e. The van der Waals surface area contributed by atoms with Gasteiger partial charge in [0.1, 0.15) is 0 Å². The van der Waals surface area contributed by atoms with E-state index in [-0.39, 0.29) is 16.7 Å². The quantitative estimate of drug-likeness (QED) is 0.643. The van der Waals surface area contributed by atoms with Crippen LogP contribution in [0.3, 0.4) is 0 Å². The van der Waals surface area contributed by atoms with Crippen LogP contribution in [0.15, 0.2) is 16.6 Å². The molecule has 0 aliphatic carbocycles. The second-order valence-electron chi connectivity index (χ2n) is 5.65. The highest BCUT2D eigenvalue weighted by Crippen LogP contribution is 2.34. The van der Waals surface area contributed by atoms with Crippen molar-refractivity contribution in [1.29, 1.82) is 0 Å². The number of anilines is 1. The summed E-state index contributed by atoms with van der Waals surface area (Å²) in [5.41, 5.74) is 2.17. The Morgan fingerprint density at radius 3 is 2.52 bits per heavy atom. The first-order chi connectivity index (χ1) is 9.79. The predicted molar refractivity (Wildman–Crippen MR) is 97.6 cm³/mol. The molecule has 0 saturated carbocycles. The first kappa shape index (κ1) is 16.9. The van der Waals surface area contributed by atoms with Gasteiger partial charge in [0.2, 0.25) is 5.91 Å². The van der Waals surface area contributed by atoms with E-state index in [0.717, 1.165) is 14.7 Å². The molecular formula is C15H18Br2N2OS. The van der Waals surface area contributed by atoms with Crippen LogP contribution in [0.1, 0.15) is 39.2 Å². The number of alkyl halides is 1. The van der Waals surface area contributed by atoms with E-state index in [2.05, 4.69) is 62.1 Å². The van der Waals surface area contributed by atoms with Gasteiger partial charge in [-0.2, -0.15) is 0 Å². The molecule has 1 amide bonds. The summed E-state index contributed by atoms with van der Waals surface area (Å²) in [6.07, 6.45) is 0. The van der Waals surface area contributed by atoms with E-state index in [1.165, 1.54) is 16.9 Å². The van der Waals surface area contributed by atoms with Crippen LogP contribution in [-0.4, -0.2) is 15.7 Å². The number of fused-ring (bicyclic) bond motifs is 1. The molecule has 1 atom stereocenters. The van der Waals surface area contributed by atoms with Gasteiger partial charge in [0, 0.05) is 4.47 Å². The first-order valence-corrected chi connectivity index (χ1v) is 9.37. The SMILES string of the molecule is CC(C)c1cc(Br)cc2sc(NC(=O)[C@@H](Br)C(C)C)nc12. The van der Waals surface area contributed by atoms with E-state index >= 15 is 0 Å². The van der Waals surface area contributed by atoms with Crippen LogP contribution >= 0.6 is 43.2 Å². The average molecular weight is 434 g/mol. The molecule has 0 spiro atoms. The molecule has 0 aliphatic rings. The van der Waals surface area contributed by atoms with E-state index in [9.17, 15) is 4.79 Å². The second-order valence-corrected chi connectivity index (χ2v) is 8.58. The third-order valence-corrected chi connectivity index (χ3v) is 6.03. The van der Waals surface area contributed by atoms with Crippen molar-refractivity contribution in [1.82, 2.24) is 4.98 Å². The maximum atomic E-state index is 12.1. The summed E-state index contributed by atoms with van der Waals surface area (Å²) < 4.78 is 2.12. The number of benzene rings is 1. The highest BCUT2D eigenvalue weighted by molar-refractivity contribution is 9.10. The Balaban J connectivity index is 2.35. The molecule has 1 aromatic carbocycles. The van der Waals surface area contributed by atoms with Crippen LogP contribution in [0.4, 0.5) is 5.13 Å². The lowest BCUT2D eigenvalue weighted by Crippen LogP contribution is -2.26. The van der Waals surface area contributed by atoms with Gasteiger partial charge in [0.05, 0.1) is 15.0 Å². The zero-order valence-electron chi connectivity index (χ0n) is 12.4. The third kappa shape index (κ3) is 3.85. The van der Waals surface area contributed by atoms with Gasteiger partial charge in [-0.3, -0.25) is 4.79 Å². The van der Waals surface area contributed by atoms with Gasteiger partial charge in [-0.05, 0) is 29.5 Å². The normalized spacial score (nSPS) is 13.1. The standard InChI is InChI=1S/C15H18Br2N2OS/c1-7(2)10-5-9(16)6-11-13(10)18-15(21-11)19-14(20)12(17)8(3)4/h5-8,12H,1-4H3,(H,18,19,20)/t12-/m0/s1. The molecule has 2 aromatic rings. The minimum atomic E-state index is -0.208. The lowest BCUT2D eigenvalue weighted by Gasteiger charge is -2.11. The Hall–Kier alpha value is -0.460. The van der Waals surface area contributed by atoms with E-state index in [0.29, 0.717) is 11.0 Å². The molecule has 0 unspecified atom stereocenters. The molecule has 114 valence electrons. The summed E-state index contributed by atoms with van der Waals surface area (Å²) in [4.78, 5) is 16.5. The van der Waals surface area contributed by atoms with E-state index in [1.807, 2.05) is 19.9 Å². The van der Waals surface area contributed by atoms with E-state index < -0.39 is 0 Å². The molecule has 21 heavy (non-hydrogen) atoms. The Morgan fingerprint density at radius 1 is 1.29 bits per heavy atom. The number of thiazole rings is 1. The van der Waals surface area contributed by atoms with Gasteiger partial charge in [-0.15, -0.1) is 0 Å². The number of hydrogen-bond acceptors (Lipinski definition) is 3. The Labute approximate surface area is 145 Å². The number of aromatic nitrogens is 1. The number of amides is 1. The second kappa shape index (κ2) is 6.75. The summed E-state index contributed by atoms with van der Waals surface area (Å²) in [7, 11) is 0. The van der Waals surface area contributed by atoms with Crippen LogP contribution in [0.5, 0.6) is 0 Å². The Bertz CT molecular complexity index is 667. The number of rotatable bonds is 4. The van der Waals surface area contributed by atoms with Crippen molar-refractivity contribution in [2.45, 2.75) is 38.4 Å². The average Bonchev–Trinajstić information content (AvgIpc) is 2.78. The minimum absolute atomic E-state index is 0.0470. The molecule has 6 heteroatoms. The molecule has 1 N–H and O–H groups in total. The van der Waals surface area contributed by atoms with Gasteiger partial charge < -0.3 is 5.32 Å². The maximum Gasteiger partial charge on any atom is 0.240 e. The molecule has 0 bridgehead atoms. The molecule has 1 aromatic heterocycles. The van der Waals surface area contributed by atoms with E-state index in [1.54, 1.807) is 0 Å². The van der Waals surface area contributed by atoms with Crippen LogP contribution in [-0.2, 0) is 4.79 Å². The number of hydrogen-bond donors (Lipinski definition) is 1. The molecular weight excluding hydrogens is 416 g/mol. The van der Waals surface area contributed by atoms with Crippen LogP contribution in [0.25, 0.3) is 10.2 Å². The highest BCUT2D eigenvalue weighted by Gasteiger charge is 2.20. The van der Waals surface area contributed by atoms with Gasteiger partial charge in [-0.1, -0.05) is 70.9 Å². The van der Waals surface area contributed by atoms with Gasteiger partial charge in [0.25, 0.3) is 0 Å². The predicted octanol–water partition coefficient (Wildman–Crippen LogP) is 5.54. The van der Waals surface area contributed by atoms with Crippen molar-refractivity contribution in [3.8, 4) is 0 Å². The molecule has 1 heterocycles. The first-order valence-electron chi connectivity index (χ1n) is 6.84. The monoisotopic (exact) mass is 432 g/mol. The summed E-state index contributed by atoms with van der Waals surface area (Å²) in [5, 5.41) is 3.56. The van der Waals surface area contributed by atoms with E-state index in [4.69, 9.17) is 0 Å². The Morgan fingerprint density at radius 2 is 1.95 bits per heavy atom. The molecule has 0 fully saturated rings. The Kier molecular flexibility index (Phi) is 5.43. The lowest BCUT2D eigenvalue weighted by molar-refractivity contribution is -0.116. The summed E-state index contributed by atoms with van der Waals surface area (Å²) in [5.74, 6) is 0.573. The van der Waals surface area contributed by atoms with Gasteiger partial charge in [-0.25, -0.2) is 4.98 Å². The van der Waals surface area contributed by atoms with Crippen molar-refractivity contribution < 1.29 is 4.79 Å². The van der Waals surface area contributed by atoms with Crippen molar-refractivity contribution in [3.63, 3.8) is 0 Å². The van der Waals surface area contributed by atoms with Crippen molar-refractivity contribution in [2.75, 3.05) is 5.32 Å². The summed E-state index contributed by atoms with van der Waals surface area (Å²) in [6.45, 7) is 8.30. The molecule has 2 rings (SSSR count). The number of nitrogens with one attached hydrogen (secondary N) is 1. The third-order valence-electron chi connectivity index (χ3n) is 3.18. The molecule has 3 nitrogen and oxygen atoms in total. The highest BCUT2D eigenvalue weighted by atomic mass is 79.9. The molecule has 0 saturated heterocycles. The fraction of sp³-hybridized carbons (Fsp3) is 0.467. The molecule has 0 radical (unpaired) electrons. The fourth-order valence-electron chi connectivity index (χ4n) is 1.99. The number of halogens is 2. The minimum Gasteiger partial charge on any atom is -0.301 e. The fourth-order valence-corrected chi connectivity index (χ4v) is 3.68. The number of carbonyl (C=O) groups excluding carboxylic acids is 1. The van der Waals surface area contributed by atoms with Crippen molar-refractivity contribution in [3.05, 3.63) is 22.2 Å². The zero-order chi connectivity index (χ0) is 15.7. The van der Waals surface area contributed by atoms with Gasteiger partial charge in [0.15, 0.2) is 5.13 Å². The maximum absolute atomic E-state index is 12.1. The molecule has 0 aliphatic heterocycles. The van der Waals surface area contributed by atoms with Crippen molar-refractivity contribution >= 4 is 64.5 Å². The summed E-state index contributed by atoms with van der Waals surface area (Å²) in [6, 6.07) is 4.14. The summed E-state index contributed by atoms with van der Waals surface area (Å²) >= 11 is 8.46. The number of nitrogens with zero attached hydrogens (tertiary/aromatic N) is 1. The number of carbonyl (C=O) groups is 1. The lowest BCUT2D eigenvalue weighted by atomic mass is 10.0. The largest absolute Gasteiger partial charge is 0.301 e. The topological polar surface area (TPSA) is 42.0 Å². The van der Waals surface area contributed by atoms with Gasteiger partial charge >= 0.3 is 0 Å². The van der Waals surface area contributed by atoms with Crippen LogP contribution in [0.2, 0.25) is 0 Å².